The second kappa shape index (κ2) is 7.45. The molecule has 0 fully saturated rings. The minimum absolute atomic E-state index is 0.103. The topological polar surface area (TPSA) is 55.4 Å². The molecule has 0 aliphatic heterocycles. The molecule has 7 heteroatoms. The van der Waals surface area contributed by atoms with Crippen LogP contribution in [0.3, 0.4) is 0 Å². The van der Waals surface area contributed by atoms with Gasteiger partial charge in [-0.3, -0.25) is 0 Å². The molecule has 19 heavy (non-hydrogen) atoms. The molecule has 1 N–H and O–H groups in total. The van der Waals surface area contributed by atoms with E-state index in [1.807, 2.05) is 13.8 Å². The maximum Gasteiger partial charge on any atom is 0.240 e. The Morgan fingerprint density at radius 1 is 1.26 bits per heavy atom. The largest absolute Gasteiger partial charge is 0.379 e. The lowest BCUT2D eigenvalue weighted by Crippen LogP contribution is -2.25. The molecule has 0 heterocycles. The number of rotatable bonds is 7. The summed E-state index contributed by atoms with van der Waals surface area (Å²) >= 11 is 11.5. The first-order chi connectivity index (χ1) is 8.83. The fraction of sp³-hybridized carbons (Fsp3) is 0.500. The summed E-state index contributed by atoms with van der Waals surface area (Å²) in [5.41, 5.74) is 0. The van der Waals surface area contributed by atoms with Crippen LogP contribution < -0.4 is 4.72 Å². The Kier molecular flexibility index (Phi) is 6.56. The average Bonchev–Trinajstić information content (AvgIpc) is 2.31. The third kappa shape index (κ3) is 5.67. The molecule has 0 aliphatic carbocycles. The van der Waals surface area contributed by atoms with Gasteiger partial charge in [-0.05, 0) is 38.5 Å². The van der Waals surface area contributed by atoms with E-state index < -0.39 is 10.0 Å². The molecule has 0 spiro atoms. The molecule has 4 nitrogen and oxygen atoms in total. The maximum absolute atomic E-state index is 11.9. The average molecular weight is 326 g/mol. The van der Waals surface area contributed by atoms with Crippen molar-refractivity contribution in [2.45, 2.75) is 31.3 Å². The highest BCUT2D eigenvalue weighted by Crippen LogP contribution is 2.24. The van der Waals surface area contributed by atoms with Crippen molar-refractivity contribution in [2.24, 2.45) is 0 Å². The molecule has 108 valence electrons. The van der Waals surface area contributed by atoms with Gasteiger partial charge in [0.15, 0.2) is 0 Å². The molecule has 0 bridgehead atoms. The van der Waals surface area contributed by atoms with Crippen molar-refractivity contribution in [2.75, 3.05) is 13.2 Å². The fourth-order valence-corrected chi connectivity index (χ4v) is 2.79. The summed E-state index contributed by atoms with van der Waals surface area (Å²) in [6.45, 7) is 4.69. The van der Waals surface area contributed by atoms with E-state index in [2.05, 4.69) is 4.72 Å². The second-order valence-electron chi connectivity index (χ2n) is 4.25. The smallest absolute Gasteiger partial charge is 0.240 e. The third-order valence-corrected chi connectivity index (χ3v) is 4.46. The van der Waals surface area contributed by atoms with Crippen LogP contribution in [0, 0.1) is 0 Å². The summed E-state index contributed by atoms with van der Waals surface area (Å²) in [5.74, 6) is 0. The first-order valence-electron chi connectivity index (χ1n) is 5.89. The Morgan fingerprint density at radius 3 is 2.53 bits per heavy atom. The highest BCUT2D eigenvalue weighted by Gasteiger charge is 2.14. The number of hydrogen-bond donors (Lipinski definition) is 1. The van der Waals surface area contributed by atoms with Crippen molar-refractivity contribution in [1.29, 1.82) is 0 Å². The lowest BCUT2D eigenvalue weighted by molar-refractivity contribution is 0.0778. The SMILES string of the molecule is CC(C)OCCCNS(=O)(=O)c1ccc(Cl)c(Cl)c1. The van der Waals surface area contributed by atoms with Crippen molar-refractivity contribution in [3.63, 3.8) is 0 Å². The molecule has 0 saturated heterocycles. The summed E-state index contributed by atoms with van der Waals surface area (Å²) < 4.78 is 31.7. The van der Waals surface area contributed by atoms with Crippen molar-refractivity contribution >= 4 is 33.2 Å². The summed E-state index contributed by atoms with van der Waals surface area (Å²) in [4.78, 5) is 0.103. The zero-order chi connectivity index (χ0) is 14.5. The summed E-state index contributed by atoms with van der Waals surface area (Å²) in [6.07, 6.45) is 0.755. The first-order valence-corrected chi connectivity index (χ1v) is 8.13. The minimum atomic E-state index is -3.55. The Balaban J connectivity index is 2.54. The van der Waals surface area contributed by atoms with E-state index in [4.69, 9.17) is 27.9 Å². The van der Waals surface area contributed by atoms with Gasteiger partial charge in [-0.15, -0.1) is 0 Å². The molecule has 0 unspecified atom stereocenters. The monoisotopic (exact) mass is 325 g/mol. The molecule has 1 aromatic carbocycles. The predicted molar refractivity (Wildman–Crippen MR) is 77.4 cm³/mol. The molecule has 1 rings (SSSR count). The van der Waals surface area contributed by atoms with Gasteiger partial charge in [-0.25, -0.2) is 13.1 Å². The van der Waals surface area contributed by atoms with Crippen molar-refractivity contribution in [3.05, 3.63) is 28.2 Å². The Morgan fingerprint density at radius 2 is 1.95 bits per heavy atom. The summed E-state index contributed by atoms with van der Waals surface area (Å²) in [5, 5.41) is 0.540. The molecule has 0 amide bonds. The first kappa shape index (κ1) is 16.7. The van der Waals surface area contributed by atoms with Gasteiger partial charge in [0.2, 0.25) is 10.0 Å². The summed E-state index contributed by atoms with van der Waals surface area (Å²) in [7, 11) is -3.55. The molecule has 0 aromatic heterocycles. The van der Waals surface area contributed by atoms with Crippen LogP contribution >= 0.6 is 23.2 Å². The predicted octanol–water partition coefficient (Wildman–Crippen LogP) is 3.09. The van der Waals surface area contributed by atoms with Crippen LogP contribution in [-0.4, -0.2) is 27.7 Å². The van der Waals surface area contributed by atoms with Crippen molar-refractivity contribution in [1.82, 2.24) is 4.72 Å². The van der Waals surface area contributed by atoms with Crippen molar-refractivity contribution < 1.29 is 13.2 Å². The van der Waals surface area contributed by atoms with E-state index in [1.165, 1.54) is 18.2 Å². The van der Waals surface area contributed by atoms with Crippen LogP contribution in [0.5, 0.6) is 0 Å². The van der Waals surface area contributed by atoms with Crippen LogP contribution in [0.4, 0.5) is 0 Å². The zero-order valence-electron chi connectivity index (χ0n) is 10.8. The van der Waals surface area contributed by atoms with Gasteiger partial charge in [0, 0.05) is 13.2 Å². The van der Waals surface area contributed by atoms with Crippen LogP contribution in [0.2, 0.25) is 10.0 Å². The number of halogens is 2. The maximum atomic E-state index is 11.9. The molecule has 0 aliphatic rings. The van der Waals surface area contributed by atoms with Gasteiger partial charge >= 0.3 is 0 Å². The van der Waals surface area contributed by atoms with Crippen LogP contribution in [0.1, 0.15) is 20.3 Å². The van der Waals surface area contributed by atoms with Crippen LogP contribution in [0.15, 0.2) is 23.1 Å². The Bertz CT molecular complexity index is 518. The number of hydrogen-bond acceptors (Lipinski definition) is 3. The Labute approximate surface area is 124 Å². The fourth-order valence-electron chi connectivity index (χ4n) is 1.33. The van der Waals surface area contributed by atoms with E-state index in [9.17, 15) is 8.42 Å². The third-order valence-electron chi connectivity index (χ3n) is 2.27. The highest BCUT2D eigenvalue weighted by molar-refractivity contribution is 7.89. The van der Waals surface area contributed by atoms with Crippen molar-refractivity contribution in [3.8, 4) is 0 Å². The van der Waals surface area contributed by atoms with Crippen LogP contribution in [0.25, 0.3) is 0 Å². The molecule has 0 saturated carbocycles. The molecule has 0 atom stereocenters. The van der Waals surface area contributed by atoms with E-state index in [0.29, 0.717) is 24.6 Å². The van der Waals surface area contributed by atoms with Gasteiger partial charge in [-0.2, -0.15) is 0 Å². The van der Waals surface area contributed by atoms with Gasteiger partial charge in [0.25, 0.3) is 0 Å². The number of nitrogens with one attached hydrogen (secondary N) is 1. The molecular weight excluding hydrogens is 309 g/mol. The van der Waals surface area contributed by atoms with E-state index in [1.54, 1.807) is 0 Å². The second-order valence-corrected chi connectivity index (χ2v) is 6.83. The van der Waals surface area contributed by atoms with Gasteiger partial charge in [0.05, 0.1) is 21.0 Å². The standard InChI is InChI=1S/C12H17Cl2NO3S/c1-9(2)18-7-3-6-15-19(16,17)10-4-5-11(13)12(14)8-10/h4-5,8-9,15H,3,6-7H2,1-2H3. The van der Waals surface area contributed by atoms with Crippen LogP contribution in [-0.2, 0) is 14.8 Å². The van der Waals surface area contributed by atoms with E-state index in [-0.39, 0.29) is 16.0 Å². The highest BCUT2D eigenvalue weighted by atomic mass is 35.5. The minimum Gasteiger partial charge on any atom is -0.379 e. The quantitative estimate of drug-likeness (QED) is 0.784. The Hall–Kier alpha value is -0.330. The summed E-state index contributed by atoms with van der Waals surface area (Å²) in [6, 6.07) is 4.21. The molecule has 0 radical (unpaired) electrons. The van der Waals surface area contributed by atoms with Gasteiger partial charge < -0.3 is 4.74 Å². The lowest BCUT2D eigenvalue weighted by atomic mass is 10.4. The number of benzene rings is 1. The number of ether oxygens (including phenoxy) is 1. The molecular formula is C12H17Cl2NO3S. The number of sulfonamides is 1. The van der Waals surface area contributed by atoms with Gasteiger partial charge in [-0.1, -0.05) is 23.2 Å². The molecule has 1 aromatic rings. The van der Waals surface area contributed by atoms with E-state index >= 15 is 0 Å². The normalized spacial score (nSPS) is 12.1. The van der Waals surface area contributed by atoms with E-state index in [0.717, 1.165) is 0 Å². The van der Waals surface area contributed by atoms with Gasteiger partial charge in [0.1, 0.15) is 0 Å². The lowest BCUT2D eigenvalue weighted by Gasteiger charge is -2.09. The zero-order valence-corrected chi connectivity index (χ0v) is 13.1.